The van der Waals surface area contributed by atoms with Gasteiger partial charge >= 0.3 is 0 Å². The van der Waals surface area contributed by atoms with Crippen LogP contribution < -0.4 is 5.32 Å². The molecule has 0 heterocycles. The molecule has 3 fully saturated rings. The summed E-state index contributed by atoms with van der Waals surface area (Å²) in [4.78, 5) is 12.3. The molecule has 0 aliphatic heterocycles. The molecule has 3 nitrogen and oxygen atoms in total. The van der Waals surface area contributed by atoms with Crippen molar-refractivity contribution in [2.75, 3.05) is 0 Å². The molecule has 1 amide bonds. The van der Waals surface area contributed by atoms with Crippen molar-refractivity contribution in [3.63, 3.8) is 0 Å². The number of carbonyl (C=O) groups excluding carboxylic acids is 1. The number of hydrogen-bond acceptors (Lipinski definition) is 2. The van der Waals surface area contributed by atoms with E-state index >= 15 is 0 Å². The van der Waals surface area contributed by atoms with Crippen LogP contribution in [0.4, 0.5) is 0 Å². The topological polar surface area (TPSA) is 52.9 Å². The molecular formula is C15H22N2O. The van der Waals surface area contributed by atoms with E-state index in [-0.39, 0.29) is 5.91 Å². The van der Waals surface area contributed by atoms with Gasteiger partial charge in [0.2, 0.25) is 5.91 Å². The molecule has 0 radical (unpaired) electrons. The predicted octanol–water partition coefficient (Wildman–Crippen LogP) is 2.48. The maximum absolute atomic E-state index is 12.3. The zero-order chi connectivity index (χ0) is 12.9. The van der Waals surface area contributed by atoms with Gasteiger partial charge in [0.1, 0.15) is 5.41 Å². The third-order valence-corrected chi connectivity index (χ3v) is 5.89. The molecule has 3 aliphatic rings. The lowest BCUT2D eigenvalue weighted by molar-refractivity contribution is -0.128. The van der Waals surface area contributed by atoms with Crippen molar-refractivity contribution in [2.45, 2.75) is 52.0 Å². The van der Waals surface area contributed by atoms with Crippen LogP contribution in [0.25, 0.3) is 0 Å². The number of amides is 1. The van der Waals surface area contributed by atoms with Crippen molar-refractivity contribution in [3.05, 3.63) is 0 Å². The van der Waals surface area contributed by atoms with Crippen molar-refractivity contribution in [1.29, 1.82) is 5.26 Å². The molecule has 0 aromatic rings. The van der Waals surface area contributed by atoms with Crippen LogP contribution in [0.15, 0.2) is 0 Å². The highest BCUT2D eigenvalue weighted by atomic mass is 16.2. The molecule has 0 aromatic carbocycles. The number of carbonyl (C=O) groups is 1. The van der Waals surface area contributed by atoms with Gasteiger partial charge in [-0.3, -0.25) is 4.79 Å². The zero-order valence-electron chi connectivity index (χ0n) is 11.3. The zero-order valence-corrected chi connectivity index (χ0v) is 11.3. The van der Waals surface area contributed by atoms with Crippen LogP contribution in [-0.4, -0.2) is 11.9 Å². The van der Waals surface area contributed by atoms with Gasteiger partial charge in [0.05, 0.1) is 6.07 Å². The summed E-state index contributed by atoms with van der Waals surface area (Å²) in [5.41, 5.74) is -0.796. The van der Waals surface area contributed by atoms with Crippen LogP contribution in [0.5, 0.6) is 0 Å². The van der Waals surface area contributed by atoms with E-state index in [0.717, 1.165) is 23.7 Å². The van der Waals surface area contributed by atoms with E-state index in [1.165, 1.54) is 19.3 Å². The van der Waals surface area contributed by atoms with Crippen LogP contribution in [-0.2, 0) is 4.79 Å². The quantitative estimate of drug-likeness (QED) is 0.828. The van der Waals surface area contributed by atoms with E-state index in [1.807, 2.05) is 13.8 Å². The predicted molar refractivity (Wildman–Crippen MR) is 68.4 cm³/mol. The third kappa shape index (κ3) is 1.44. The molecular weight excluding hydrogens is 224 g/mol. The molecule has 98 valence electrons. The highest BCUT2D eigenvalue weighted by molar-refractivity contribution is 5.86. The molecule has 3 saturated carbocycles. The Bertz CT molecular complexity index is 391. The standard InChI is InChI=1S/C15H22N2O/c1-3-15(4-2,8-16)14(18)17-13-11-9-5-6-10(7-9)12(11)13/h9-13H,3-7H2,1-2H3,(H,17,18). The highest BCUT2D eigenvalue weighted by Crippen LogP contribution is 2.65. The van der Waals surface area contributed by atoms with Gasteiger partial charge in [0.15, 0.2) is 0 Å². The van der Waals surface area contributed by atoms with E-state index in [4.69, 9.17) is 0 Å². The molecule has 0 saturated heterocycles. The van der Waals surface area contributed by atoms with Gasteiger partial charge in [-0.15, -0.1) is 0 Å². The van der Waals surface area contributed by atoms with Crippen molar-refractivity contribution in [3.8, 4) is 6.07 Å². The fraction of sp³-hybridized carbons (Fsp3) is 0.867. The first-order valence-corrected chi connectivity index (χ1v) is 7.39. The number of nitrogens with zero attached hydrogens (tertiary/aromatic N) is 1. The van der Waals surface area contributed by atoms with Gasteiger partial charge in [-0.2, -0.15) is 5.26 Å². The van der Waals surface area contributed by atoms with Gasteiger partial charge in [-0.25, -0.2) is 0 Å². The Balaban J connectivity index is 1.65. The van der Waals surface area contributed by atoms with E-state index in [2.05, 4.69) is 11.4 Å². The average Bonchev–Trinajstić information content (AvgIpc) is 2.79. The van der Waals surface area contributed by atoms with E-state index in [9.17, 15) is 10.1 Å². The van der Waals surface area contributed by atoms with Gasteiger partial charge in [-0.1, -0.05) is 13.8 Å². The molecule has 4 unspecified atom stereocenters. The SMILES string of the molecule is CCC(C#N)(CC)C(=O)NC1C2C3CCC(C3)C12. The molecule has 2 bridgehead atoms. The Morgan fingerprint density at radius 2 is 1.83 bits per heavy atom. The van der Waals surface area contributed by atoms with Gasteiger partial charge < -0.3 is 5.32 Å². The van der Waals surface area contributed by atoms with Crippen molar-refractivity contribution >= 4 is 5.91 Å². The second kappa shape index (κ2) is 3.98. The number of hydrogen-bond donors (Lipinski definition) is 1. The normalized spacial score (nSPS) is 40.2. The minimum Gasteiger partial charge on any atom is -0.351 e. The number of nitrogens with one attached hydrogen (secondary N) is 1. The number of nitriles is 1. The summed E-state index contributed by atoms with van der Waals surface area (Å²) in [5, 5.41) is 12.5. The maximum Gasteiger partial charge on any atom is 0.240 e. The third-order valence-electron chi connectivity index (χ3n) is 5.89. The summed E-state index contributed by atoms with van der Waals surface area (Å²) in [6.45, 7) is 3.87. The summed E-state index contributed by atoms with van der Waals surface area (Å²) in [6.07, 6.45) is 5.35. The summed E-state index contributed by atoms with van der Waals surface area (Å²) in [7, 11) is 0. The van der Waals surface area contributed by atoms with Crippen LogP contribution in [0.2, 0.25) is 0 Å². The highest BCUT2D eigenvalue weighted by Gasteiger charge is 2.65. The second-order valence-electron chi connectivity index (χ2n) is 6.39. The second-order valence-corrected chi connectivity index (χ2v) is 6.39. The summed E-state index contributed by atoms with van der Waals surface area (Å²) < 4.78 is 0. The largest absolute Gasteiger partial charge is 0.351 e. The minimum absolute atomic E-state index is 0.0196. The molecule has 0 spiro atoms. The molecule has 18 heavy (non-hydrogen) atoms. The maximum atomic E-state index is 12.3. The van der Waals surface area contributed by atoms with E-state index in [0.29, 0.717) is 18.9 Å². The molecule has 3 heteroatoms. The Labute approximate surface area is 109 Å². The smallest absolute Gasteiger partial charge is 0.240 e. The van der Waals surface area contributed by atoms with Crippen LogP contribution in [0.1, 0.15) is 46.0 Å². The molecule has 4 atom stereocenters. The first kappa shape index (κ1) is 12.0. The molecule has 1 N–H and O–H groups in total. The van der Waals surface area contributed by atoms with E-state index in [1.54, 1.807) is 0 Å². The Hall–Kier alpha value is -1.04. The average molecular weight is 246 g/mol. The first-order chi connectivity index (χ1) is 8.66. The summed E-state index contributed by atoms with van der Waals surface area (Å²) >= 11 is 0. The first-order valence-electron chi connectivity index (χ1n) is 7.39. The minimum atomic E-state index is -0.796. The molecule has 0 aromatic heterocycles. The van der Waals surface area contributed by atoms with Crippen molar-refractivity contribution in [1.82, 2.24) is 5.32 Å². The Morgan fingerprint density at radius 3 is 2.28 bits per heavy atom. The van der Waals surface area contributed by atoms with Crippen LogP contribution in [0, 0.1) is 40.4 Å². The van der Waals surface area contributed by atoms with E-state index < -0.39 is 5.41 Å². The molecule has 3 rings (SSSR count). The monoisotopic (exact) mass is 246 g/mol. The summed E-state index contributed by atoms with van der Waals surface area (Å²) in [5.74, 6) is 3.21. The number of rotatable bonds is 4. The van der Waals surface area contributed by atoms with Gasteiger partial charge in [-0.05, 0) is 55.8 Å². The molecule has 3 aliphatic carbocycles. The lowest BCUT2D eigenvalue weighted by Crippen LogP contribution is -2.42. The lowest BCUT2D eigenvalue weighted by Gasteiger charge is -2.23. The van der Waals surface area contributed by atoms with Gasteiger partial charge in [0, 0.05) is 6.04 Å². The van der Waals surface area contributed by atoms with Gasteiger partial charge in [0.25, 0.3) is 0 Å². The Kier molecular flexibility index (Phi) is 2.66. The summed E-state index contributed by atoms with van der Waals surface area (Å²) in [6, 6.07) is 2.64. The number of fused-ring (bicyclic) bond motifs is 5. The van der Waals surface area contributed by atoms with Crippen molar-refractivity contribution < 1.29 is 4.79 Å². The van der Waals surface area contributed by atoms with Crippen molar-refractivity contribution in [2.24, 2.45) is 29.1 Å². The fourth-order valence-electron chi connectivity index (χ4n) is 4.59. The van der Waals surface area contributed by atoms with Crippen LogP contribution in [0.3, 0.4) is 0 Å². The fourth-order valence-corrected chi connectivity index (χ4v) is 4.59. The lowest BCUT2D eigenvalue weighted by atomic mass is 9.83. The van der Waals surface area contributed by atoms with Crippen LogP contribution >= 0.6 is 0 Å². The Morgan fingerprint density at radius 1 is 1.28 bits per heavy atom.